The van der Waals surface area contributed by atoms with Gasteiger partial charge in [0.25, 0.3) is 0 Å². The Labute approximate surface area is 182 Å². The first-order valence-corrected chi connectivity index (χ1v) is 9.86. The van der Waals surface area contributed by atoms with Crippen molar-refractivity contribution in [1.82, 2.24) is 31.3 Å². The molecule has 11 nitrogen and oxygen atoms in total. The van der Waals surface area contributed by atoms with Gasteiger partial charge >= 0.3 is 12.1 Å². The molecule has 0 saturated carbocycles. The molecule has 0 bridgehead atoms. The molecule has 4 rings (SSSR count). The van der Waals surface area contributed by atoms with Crippen molar-refractivity contribution < 1.29 is 24.2 Å². The van der Waals surface area contributed by atoms with Crippen molar-refractivity contribution in [3.63, 3.8) is 0 Å². The largest absolute Gasteiger partial charge is 0.481 e. The quantitative estimate of drug-likeness (QED) is 0.410. The van der Waals surface area contributed by atoms with E-state index in [0.29, 0.717) is 0 Å². The molecule has 1 aliphatic rings. The third kappa shape index (κ3) is 4.56. The fourth-order valence-electron chi connectivity index (χ4n) is 3.71. The van der Waals surface area contributed by atoms with Crippen LogP contribution >= 0.6 is 0 Å². The number of alkyl carbamates (subject to hydrolysis) is 1. The number of carboxylic acid groups (broad SMARTS) is 1. The molecule has 1 aliphatic carbocycles. The van der Waals surface area contributed by atoms with Gasteiger partial charge in [-0.05, 0) is 22.3 Å². The smallest absolute Gasteiger partial charge is 0.407 e. The number of H-pyrrole nitrogens is 1. The molecule has 0 aliphatic heterocycles. The van der Waals surface area contributed by atoms with Gasteiger partial charge in [-0.25, -0.2) is 4.79 Å². The van der Waals surface area contributed by atoms with Gasteiger partial charge in [-0.3, -0.25) is 9.59 Å². The van der Waals surface area contributed by atoms with Crippen LogP contribution in [0, 0.1) is 0 Å². The number of nitrogens with one attached hydrogen (secondary N) is 3. The number of benzene rings is 2. The SMILES string of the molecule is O=C(O)CC(NC(=O)OCC1c2ccccc2-c2ccccc21)C(=O)NCc1nn[nH]n1. The standard InChI is InChI=1S/C21H20N6O5/c28-19(29)9-17(20(30)22-10-18-24-26-27-25-18)23-21(31)32-11-16-14-7-3-1-5-12(14)13-6-2-4-8-15(13)16/h1-8,16-17H,9-11H2,(H,22,30)(H,23,31)(H,28,29)(H,24,25,26,27). The lowest BCUT2D eigenvalue weighted by Gasteiger charge is -2.18. The van der Waals surface area contributed by atoms with E-state index < -0.39 is 30.4 Å². The maximum atomic E-state index is 12.4. The zero-order valence-corrected chi connectivity index (χ0v) is 16.8. The molecule has 0 fully saturated rings. The Kier molecular flexibility index (Phi) is 6.06. The average Bonchev–Trinajstić information content (AvgIpc) is 3.41. The van der Waals surface area contributed by atoms with Crippen molar-refractivity contribution >= 4 is 18.0 Å². The van der Waals surface area contributed by atoms with Crippen molar-refractivity contribution in [3.8, 4) is 11.1 Å². The van der Waals surface area contributed by atoms with Crippen LogP contribution in [0.2, 0.25) is 0 Å². The molecule has 11 heteroatoms. The Morgan fingerprint density at radius 3 is 2.31 bits per heavy atom. The van der Waals surface area contributed by atoms with Crippen molar-refractivity contribution in [3.05, 3.63) is 65.5 Å². The molecule has 0 radical (unpaired) electrons. The molecule has 164 valence electrons. The van der Waals surface area contributed by atoms with Gasteiger partial charge in [-0.15, -0.1) is 10.2 Å². The number of hydrogen-bond acceptors (Lipinski definition) is 7. The van der Waals surface area contributed by atoms with E-state index >= 15 is 0 Å². The molecule has 1 aromatic heterocycles. The monoisotopic (exact) mass is 436 g/mol. The second-order valence-corrected chi connectivity index (χ2v) is 7.17. The molecule has 1 heterocycles. The van der Waals surface area contributed by atoms with E-state index in [4.69, 9.17) is 9.84 Å². The number of carbonyl (C=O) groups is 3. The third-order valence-electron chi connectivity index (χ3n) is 5.14. The zero-order valence-electron chi connectivity index (χ0n) is 16.8. The predicted molar refractivity (Wildman–Crippen MR) is 110 cm³/mol. The summed E-state index contributed by atoms with van der Waals surface area (Å²) >= 11 is 0. The van der Waals surface area contributed by atoms with Gasteiger partial charge in [0.2, 0.25) is 5.91 Å². The minimum atomic E-state index is -1.32. The highest BCUT2D eigenvalue weighted by Crippen LogP contribution is 2.44. The normalized spacial score (nSPS) is 13.0. The van der Waals surface area contributed by atoms with E-state index in [1.807, 2.05) is 48.5 Å². The Balaban J connectivity index is 1.39. The molecule has 32 heavy (non-hydrogen) atoms. The number of aliphatic carboxylic acids is 1. The van der Waals surface area contributed by atoms with E-state index in [9.17, 15) is 14.4 Å². The molecule has 4 N–H and O–H groups in total. The number of nitrogens with zero attached hydrogens (tertiary/aromatic N) is 3. The molecular formula is C21H20N6O5. The number of carbonyl (C=O) groups excluding carboxylic acids is 2. The Morgan fingerprint density at radius 1 is 1.06 bits per heavy atom. The summed E-state index contributed by atoms with van der Waals surface area (Å²) in [6.45, 7) is -0.0258. The number of aromatic amines is 1. The van der Waals surface area contributed by atoms with Crippen LogP contribution < -0.4 is 10.6 Å². The number of aromatic nitrogens is 4. The van der Waals surface area contributed by atoms with Gasteiger partial charge in [0.1, 0.15) is 12.6 Å². The molecular weight excluding hydrogens is 416 g/mol. The number of tetrazole rings is 1. The minimum Gasteiger partial charge on any atom is -0.481 e. The van der Waals surface area contributed by atoms with E-state index in [1.165, 1.54) is 0 Å². The third-order valence-corrected chi connectivity index (χ3v) is 5.14. The summed E-state index contributed by atoms with van der Waals surface area (Å²) in [6, 6.07) is 14.4. The first-order chi connectivity index (χ1) is 15.5. The lowest BCUT2D eigenvalue weighted by atomic mass is 9.98. The van der Waals surface area contributed by atoms with E-state index in [2.05, 4.69) is 31.3 Å². The van der Waals surface area contributed by atoms with Crippen molar-refractivity contribution in [2.45, 2.75) is 24.9 Å². The summed E-state index contributed by atoms with van der Waals surface area (Å²) in [5, 5.41) is 26.9. The topological polar surface area (TPSA) is 159 Å². The number of amides is 2. The first-order valence-electron chi connectivity index (χ1n) is 9.86. The summed E-state index contributed by atoms with van der Waals surface area (Å²) in [4.78, 5) is 35.9. The maximum absolute atomic E-state index is 12.4. The van der Waals surface area contributed by atoms with E-state index in [-0.39, 0.29) is 24.9 Å². The highest BCUT2D eigenvalue weighted by molar-refractivity contribution is 5.89. The predicted octanol–water partition coefficient (Wildman–Crippen LogP) is 1.20. The fourth-order valence-corrected chi connectivity index (χ4v) is 3.71. The molecule has 1 atom stereocenters. The second kappa shape index (κ2) is 9.25. The van der Waals surface area contributed by atoms with Crippen LogP contribution in [0.4, 0.5) is 4.79 Å². The van der Waals surface area contributed by atoms with Crippen molar-refractivity contribution in [2.24, 2.45) is 0 Å². The van der Waals surface area contributed by atoms with Crippen LogP contribution in [0.25, 0.3) is 11.1 Å². The van der Waals surface area contributed by atoms with Crippen LogP contribution in [0.1, 0.15) is 29.3 Å². The summed E-state index contributed by atoms with van der Waals surface area (Å²) < 4.78 is 5.39. The van der Waals surface area contributed by atoms with E-state index in [0.717, 1.165) is 22.3 Å². The summed E-state index contributed by atoms with van der Waals surface area (Å²) in [5.41, 5.74) is 4.26. The highest BCUT2D eigenvalue weighted by atomic mass is 16.5. The molecule has 1 unspecified atom stereocenters. The number of fused-ring (bicyclic) bond motifs is 3. The maximum Gasteiger partial charge on any atom is 0.407 e. The Bertz CT molecular complexity index is 1090. The fraction of sp³-hybridized carbons (Fsp3) is 0.238. The van der Waals surface area contributed by atoms with E-state index in [1.54, 1.807) is 0 Å². The summed E-state index contributed by atoms with van der Waals surface area (Å²) in [5.74, 6) is -1.89. The number of ether oxygens (including phenoxy) is 1. The minimum absolute atomic E-state index is 0.0458. The number of rotatable bonds is 8. The van der Waals surface area contributed by atoms with Gasteiger partial charge in [-0.1, -0.05) is 53.7 Å². The molecule has 0 saturated heterocycles. The van der Waals surface area contributed by atoms with Crippen molar-refractivity contribution in [2.75, 3.05) is 6.61 Å². The number of carboxylic acids is 1. The summed E-state index contributed by atoms with van der Waals surface area (Å²) in [7, 11) is 0. The Morgan fingerprint density at radius 2 is 1.72 bits per heavy atom. The lowest BCUT2D eigenvalue weighted by Crippen LogP contribution is -2.48. The van der Waals surface area contributed by atoms with Crippen molar-refractivity contribution in [1.29, 1.82) is 0 Å². The zero-order chi connectivity index (χ0) is 22.5. The van der Waals surface area contributed by atoms with Gasteiger partial charge < -0.3 is 20.5 Å². The van der Waals surface area contributed by atoms with Crippen LogP contribution in [0.3, 0.4) is 0 Å². The summed E-state index contributed by atoms with van der Waals surface area (Å²) in [6.07, 6.45) is -1.49. The molecule has 2 amide bonds. The Hall–Kier alpha value is -4.28. The molecule has 0 spiro atoms. The lowest BCUT2D eigenvalue weighted by molar-refractivity contribution is -0.139. The average molecular weight is 436 g/mol. The van der Waals surface area contributed by atoms with Crippen LogP contribution in [0.15, 0.2) is 48.5 Å². The first kappa shape index (κ1) is 21.0. The molecule has 3 aromatic rings. The second-order valence-electron chi connectivity index (χ2n) is 7.17. The van der Waals surface area contributed by atoms with Crippen LogP contribution in [0.5, 0.6) is 0 Å². The van der Waals surface area contributed by atoms with Gasteiger partial charge in [0.05, 0.1) is 13.0 Å². The van der Waals surface area contributed by atoms with Gasteiger partial charge in [-0.2, -0.15) is 5.21 Å². The van der Waals surface area contributed by atoms with Crippen LogP contribution in [-0.4, -0.2) is 56.3 Å². The van der Waals surface area contributed by atoms with Gasteiger partial charge in [0, 0.05) is 5.92 Å². The van der Waals surface area contributed by atoms with Crippen LogP contribution in [-0.2, 0) is 20.9 Å². The molecule has 2 aromatic carbocycles. The highest BCUT2D eigenvalue weighted by Gasteiger charge is 2.30. The van der Waals surface area contributed by atoms with Gasteiger partial charge in [0.15, 0.2) is 5.82 Å². The number of hydrogen-bond donors (Lipinski definition) is 4.